The van der Waals surface area contributed by atoms with E-state index in [1.54, 1.807) is 6.20 Å². The van der Waals surface area contributed by atoms with E-state index in [0.29, 0.717) is 13.0 Å². The molecule has 152 valence electrons. The first-order valence-electron chi connectivity index (χ1n) is 10.2. The molecule has 0 radical (unpaired) electrons. The third-order valence-corrected chi connectivity index (χ3v) is 5.66. The molecule has 0 amide bonds. The minimum absolute atomic E-state index is 0.254. The fourth-order valence-corrected chi connectivity index (χ4v) is 4.11. The van der Waals surface area contributed by atoms with Crippen LogP contribution in [0.25, 0.3) is 11.0 Å². The van der Waals surface area contributed by atoms with Gasteiger partial charge in [-0.2, -0.15) is 0 Å². The molecule has 1 fully saturated rings. The molecule has 1 saturated heterocycles. The van der Waals surface area contributed by atoms with Crippen molar-refractivity contribution < 1.29 is 9.90 Å². The van der Waals surface area contributed by atoms with Gasteiger partial charge in [0.2, 0.25) is 5.95 Å². The van der Waals surface area contributed by atoms with Crippen LogP contribution in [0.1, 0.15) is 31.9 Å². The predicted molar refractivity (Wildman–Crippen MR) is 110 cm³/mol. The number of likely N-dealkylation sites (tertiary alicyclic amines) is 1. The summed E-state index contributed by atoms with van der Waals surface area (Å²) in [6.45, 7) is 4.02. The quantitative estimate of drug-likeness (QED) is 0.661. The van der Waals surface area contributed by atoms with Gasteiger partial charge in [-0.1, -0.05) is 25.1 Å². The average Bonchev–Trinajstić information content (AvgIpc) is 3.07. The van der Waals surface area contributed by atoms with Gasteiger partial charge in [-0.3, -0.25) is 9.88 Å². The summed E-state index contributed by atoms with van der Waals surface area (Å²) in [5, 5.41) is 14.9. The highest BCUT2D eigenvalue weighted by Crippen LogP contribution is 2.24. The summed E-state index contributed by atoms with van der Waals surface area (Å²) >= 11 is 0. The van der Waals surface area contributed by atoms with Crippen molar-refractivity contribution in [3.05, 3.63) is 54.4 Å². The Morgan fingerprint density at radius 1 is 1.21 bits per heavy atom. The van der Waals surface area contributed by atoms with Crippen LogP contribution in [-0.2, 0) is 11.3 Å². The van der Waals surface area contributed by atoms with E-state index in [2.05, 4.69) is 20.9 Å². The molecule has 0 bridgehead atoms. The normalized spacial score (nSPS) is 16.7. The van der Waals surface area contributed by atoms with Crippen LogP contribution in [0.5, 0.6) is 0 Å². The molecular formula is C22H26N5O2-. The zero-order valence-electron chi connectivity index (χ0n) is 16.6. The van der Waals surface area contributed by atoms with Crippen LogP contribution in [0.3, 0.4) is 0 Å². The van der Waals surface area contributed by atoms with Crippen LogP contribution < -0.4 is 10.4 Å². The molecule has 1 atom stereocenters. The molecule has 1 aliphatic rings. The number of nitrogens with one attached hydrogen (secondary N) is 1. The molecule has 7 nitrogen and oxygen atoms in total. The van der Waals surface area contributed by atoms with Gasteiger partial charge in [-0.05, 0) is 43.5 Å². The highest BCUT2D eigenvalue weighted by atomic mass is 16.4. The Balaban J connectivity index is 1.51. The first-order chi connectivity index (χ1) is 14.2. The van der Waals surface area contributed by atoms with Gasteiger partial charge in [-0.25, -0.2) is 4.98 Å². The number of hydrogen-bond acceptors (Lipinski definition) is 6. The predicted octanol–water partition coefficient (Wildman–Crippen LogP) is 1.88. The summed E-state index contributed by atoms with van der Waals surface area (Å²) in [5.74, 6) is -0.140. The molecule has 4 rings (SSSR count). The first kappa shape index (κ1) is 19.4. The standard InChI is InChI=1S/C22H27N5O2/c1-2-19(21(28)29)26-13-10-16(11-14-26)24-22-25-18-8-3-4-9-20(18)27(22)15-17-7-5-6-12-23-17/h3-9,12,16,19H,2,10-11,13-15H2,1H3,(H,24,25)(H,28,29)/p-1. The largest absolute Gasteiger partial charge is 0.548 e. The number of rotatable bonds is 7. The third-order valence-electron chi connectivity index (χ3n) is 5.66. The number of piperidine rings is 1. The number of pyridine rings is 1. The second-order valence-corrected chi connectivity index (χ2v) is 7.53. The van der Waals surface area contributed by atoms with Gasteiger partial charge in [0.25, 0.3) is 0 Å². The molecule has 2 aromatic heterocycles. The Kier molecular flexibility index (Phi) is 5.76. The third kappa shape index (κ3) is 4.24. The maximum atomic E-state index is 11.3. The van der Waals surface area contributed by atoms with Crippen molar-refractivity contribution in [3.63, 3.8) is 0 Å². The fourth-order valence-electron chi connectivity index (χ4n) is 4.11. The summed E-state index contributed by atoms with van der Waals surface area (Å²) in [7, 11) is 0. The topological polar surface area (TPSA) is 86.1 Å². The Morgan fingerprint density at radius 3 is 2.66 bits per heavy atom. The SMILES string of the molecule is CCC(C(=O)[O-])N1CCC(Nc2nc3ccccc3n2Cc2ccccn2)CC1. The van der Waals surface area contributed by atoms with Crippen molar-refractivity contribution in [2.75, 3.05) is 18.4 Å². The van der Waals surface area contributed by atoms with Crippen LogP contribution in [0.2, 0.25) is 0 Å². The second kappa shape index (κ2) is 8.61. The zero-order chi connectivity index (χ0) is 20.2. The molecule has 0 spiro atoms. The maximum Gasteiger partial charge on any atom is 0.204 e. The van der Waals surface area contributed by atoms with Crippen molar-refractivity contribution in [1.82, 2.24) is 19.4 Å². The number of carboxylic acid groups (broad SMARTS) is 1. The van der Waals surface area contributed by atoms with E-state index in [4.69, 9.17) is 4.98 Å². The Bertz CT molecular complexity index is 964. The fraction of sp³-hybridized carbons (Fsp3) is 0.409. The van der Waals surface area contributed by atoms with Crippen LogP contribution in [0.15, 0.2) is 48.7 Å². The molecule has 0 saturated carbocycles. The summed E-state index contributed by atoms with van der Waals surface area (Å²) in [6, 6.07) is 13.8. The van der Waals surface area contributed by atoms with E-state index >= 15 is 0 Å². The smallest absolute Gasteiger partial charge is 0.204 e. The number of nitrogens with zero attached hydrogens (tertiary/aromatic N) is 4. The number of fused-ring (bicyclic) bond motifs is 1. The van der Waals surface area contributed by atoms with Gasteiger partial charge in [0.15, 0.2) is 0 Å². The van der Waals surface area contributed by atoms with E-state index < -0.39 is 12.0 Å². The van der Waals surface area contributed by atoms with E-state index in [-0.39, 0.29) is 6.04 Å². The number of hydrogen-bond donors (Lipinski definition) is 1. The Morgan fingerprint density at radius 2 is 1.97 bits per heavy atom. The maximum absolute atomic E-state index is 11.3. The van der Waals surface area contributed by atoms with Gasteiger partial charge in [0.05, 0.1) is 29.2 Å². The van der Waals surface area contributed by atoms with E-state index in [1.165, 1.54) is 0 Å². The number of carboxylic acids is 1. The van der Waals surface area contributed by atoms with Gasteiger partial charge in [0, 0.05) is 31.4 Å². The summed E-state index contributed by atoms with van der Waals surface area (Å²) in [5.41, 5.74) is 3.00. The number of para-hydroxylation sites is 2. The number of aromatic nitrogens is 3. The van der Waals surface area contributed by atoms with Crippen LogP contribution in [0.4, 0.5) is 5.95 Å². The highest BCUT2D eigenvalue weighted by Gasteiger charge is 2.26. The minimum Gasteiger partial charge on any atom is -0.548 e. The zero-order valence-corrected chi connectivity index (χ0v) is 16.6. The number of carbonyl (C=O) groups excluding carboxylic acids is 1. The number of aliphatic carboxylic acids is 1. The Labute approximate surface area is 170 Å². The molecule has 1 aromatic carbocycles. The summed E-state index contributed by atoms with van der Waals surface area (Å²) in [4.78, 5) is 22.6. The number of carbonyl (C=O) groups is 1. The van der Waals surface area contributed by atoms with E-state index in [1.807, 2.05) is 48.2 Å². The highest BCUT2D eigenvalue weighted by molar-refractivity contribution is 5.78. The Hall–Kier alpha value is -2.93. The molecule has 0 aliphatic carbocycles. The lowest BCUT2D eigenvalue weighted by atomic mass is 10.0. The average molecular weight is 392 g/mol. The van der Waals surface area contributed by atoms with Crippen molar-refractivity contribution in [1.29, 1.82) is 0 Å². The number of anilines is 1. The number of imidazole rings is 1. The monoisotopic (exact) mass is 392 g/mol. The molecule has 1 N–H and O–H groups in total. The molecule has 3 heterocycles. The summed E-state index contributed by atoms with van der Waals surface area (Å²) < 4.78 is 2.17. The van der Waals surface area contributed by atoms with Crippen molar-refractivity contribution in [2.24, 2.45) is 0 Å². The number of benzene rings is 1. The lowest BCUT2D eigenvalue weighted by Crippen LogP contribution is -2.52. The molecule has 3 aromatic rings. The molecular weight excluding hydrogens is 366 g/mol. The first-order valence-corrected chi connectivity index (χ1v) is 10.2. The van der Waals surface area contributed by atoms with E-state index in [9.17, 15) is 9.90 Å². The summed E-state index contributed by atoms with van der Waals surface area (Å²) in [6.07, 6.45) is 4.12. The molecule has 29 heavy (non-hydrogen) atoms. The van der Waals surface area contributed by atoms with Crippen molar-refractivity contribution in [3.8, 4) is 0 Å². The van der Waals surface area contributed by atoms with Crippen LogP contribution in [-0.4, -0.2) is 50.6 Å². The van der Waals surface area contributed by atoms with Gasteiger partial charge in [0.1, 0.15) is 0 Å². The van der Waals surface area contributed by atoms with Gasteiger partial charge < -0.3 is 19.8 Å². The minimum atomic E-state index is -0.976. The van der Waals surface area contributed by atoms with Crippen molar-refractivity contribution in [2.45, 2.75) is 44.8 Å². The van der Waals surface area contributed by atoms with E-state index in [0.717, 1.165) is 48.6 Å². The van der Waals surface area contributed by atoms with Gasteiger partial charge >= 0.3 is 0 Å². The molecule has 7 heteroatoms. The lowest BCUT2D eigenvalue weighted by Gasteiger charge is -2.38. The van der Waals surface area contributed by atoms with Crippen LogP contribution >= 0.6 is 0 Å². The molecule has 1 aliphatic heterocycles. The van der Waals surface area contributed by atoms with Gasteiger partial charge in [-0.15, -0.1) is 0 Å². The lowest BCUT2D eigenvalue weighted by molar-refractivity contribution is -0.312. The molecule has 1 unspecified atom stereocenters. The second-order valence-electron chi connectivity index (χ2n) is 7.53. The van der Waals surface area contributed by atoms with Crippen molar-refractivity contribution >= 4 is 23.0 Å². The van der Waals surface area contributed by atoms with Crippen LogP contribution in [0, 0.1) is 0 Å².